The number of hydrogen-bond acceptors (Lipinski definition) is 4. The fraction of sp³-hybridized carbons (Fsp3) is 0.375. The minimum absolute atomic E-state index is 0.000220. The molecule has 30 heavy (non-hydrogen) atoms. The summed E-state index contributed by atoms with van der Waals surface area (Å²) in [6.07, 6.45) is 0.460. The van der Waals surface area contributed by atoms with Gasteiger partial charge in [-0.25, -0.2) is 4.79 Å². The average Bonchev–Trinajstić information content (AvgIpc) is 2.97. The third-order valence-corrected chi connectivity index (χ3v) is 5.72. The quantitative estimate of drug-likeness (QED) is 0.721. The first-order chi connectivity index (χ1) is 14.3. The van der Waals surface area contributed by atoms with Gasteiger partial charge in [-0.2, -0.15) is 0 Å². The molecular formula is C24H26N2O4. The summed E-state index contributed by atoms with van der Waals surface area (Å²) in [5.41, 5.74) is 1.71. The number of rotatable bonds is 4. The lowest BCUT2D eigenvalue weighted by atomic mass is 9.78. The SMILES string of the molecule is CC1(C)C[C@H](CN2C(=O)c3ccccc3C2=O)CN(C(=O)OCc2ccccc2)C1. The smallest absolute Gasteiger partial charge is 0.410 e. The van der Waals surface area contributed by atoms with E-state index in [9.17, 15) is 14.4 Å². The van der Waals surface area contributed by atoms with Crippen molar-refractivity contribution in [1.29, 1.82) is 0 Å². The maximum atomic E-state index is 12.7. The largest absolute Gasteiger partial charge is 0.445 e. The van der Waals surface area contributed by atoms with Crippen LogP contribution in [-0.4, -0.2) is 47.3 Å². The lowest BCUT2D eigenvalue weighted by Gasteiger charge is -2.42. The first-order valence-electron chi connectivity index (χ1n) is 10.2. The lowest BCUT2D eigenvalue weighted by molar-refractivity contribution is 0.0315. The molecule has 0 aromatic heterocycles. The molecule has 1 fully saturated rings. The van der Waals surface area contributed by atoms with E-state index < -0.39 is 0 Å². The average molecular weight is 406 g/mol. The topological polar surface area (TPSA) is 66.9 Å². The van der Waals surface area contributed by atoms with E-state index in [4.69, 9.17) is 4.74 Å². The molecule has 0 radical (unpaired) electrons. The molecule has 0 aliphatic carbocycles. The number of piperidine rings is 1. The number of nitrogens with zero attached hydrogens (tertiary/aromatic N) is 2. The molecular weight excluding hydrogens is 380 g/mol. The second-order valence-corrected chi connectivity index (χ2v) is 8.92. The number of carbonyl (C=O) groups is 3. The van der Waals surface area contributed by atoms with Gasteiger partial charge in [-0.1, -0.05) is 56.3 Å². The molecule has 0 saturated carbocycles. The summed E-state index contributed by atoms with van der Waals surface area (Å²) in [6.45, 7) is 5.76. The van der Waals surface area contributed by atoms with E-state index in [2.05, 4.69) is 13.8 Å². The summed E-state index contributed by atoms with van der Waals surface area (Å²) in [5.74, 6) is -0.505. The van der Waals surface area contributed by atoms with Crippen LogP contribution in [0, 0.1) is 11.3 Å². The van der Waals surface area contributed by atoms with Gasteiger partial charge in [-0.15, -0.1) is 0 Å². The number of imide groups is 1. The van der Waals surface area contributed by atoms with Crippen molar-refractivity contribution in [2.75, 3.05) is 19.6 Å². The Hall–Kier alpha value is -3.15. The van der Waals surface area contributed by atoms with Crippen LogP contribution in [-0.2, 0) is 11.3 Å². The van der Waals surface area contributed by atoms with E-state index in [0.29, 0.717) is 30.8 Å². The molecule has 1 atom stereocenters. The summed E-state index contributed by atoms with van der Waals surface area (Å²) in [7, 11) is 0. The molecule has 3 amide bonds. The number of fused-ring (bicyclic) bond motifs is 1. The molecule has 2 aromatic carbocycles. The molecule has 156 valence electrons. The predicted molar refractivity (Wildman–Crippen MR) is 112 cm³/mol. The number of benzene rings is 2. The summed E-state index contributed by atoms with van der Waals surface area (Å²) < 4.78 is 5.51. The lowest BCUT2D eigenvalue weighted by Crippen LogP contribution is -2.50. The standard InChI is InChI=1S/C24H26N2O4/c1-24(2)12-18(14-26-21(27)19-10-6-7-11-20(19)22(26)28)13-25(16-24)23(29)30-15-17-8-4-3-5-9-17/h3-11,18H,12-16H2,1-2H3/t18-/m0/s1. The van der Waals surface area contributed by atoms with Gasteiger partial charge in [0.25, 0.3) is 11.8 Å². The zero-order valence-corrected chi connectivity index (χ0v) is 17.3. The molecule has 2 aliphatic rings. The first kappa shape index (κ1) is 20.1. The summed E-state index contributed by atoms with van der Waals surface area (Å²) in [4.78, 5) is 41.2. The Balaban J connectivity index is 1.42. The molecule has 6 nitrogen and oxygen atoms in total. The third-order valence-electron chi connectivity index (χ3n) is 5.72. The van der Waals surface area contributed by atoms with E-state index in [1.165, 1.54) is 4.90 Å². The first-order valence-corrected chi connectivity index (χ1v) is 10.2. The van der Waals surface area contributed by atoms with Crippen molar-refractivity contribution in [2.45, 2.75) is 26.9 Å². The maximum absolute atomic E-state index is 12.7. The minimum Gasteiger partial charge on any atom is -0.445 e. The van der Waals surface area contributed by atoms with Gasteiger partial charge in [0.1, 0.15) is 6.61 Å². The highest BCUT2D eigenvalue weighted by Crippen LogP contribution is 2.34. The van der Waals surface area contributed by atoms with Crippen molar-refractivity contribution in [3.8, 4) is 0 Å². The molecule has 0 spiro atoms. The normalized spacial score (nSPS) is 20.3. The van der Waals surface area contributed by atoms with E-state index in [-0.39, 0.29) is 35.8 Å². The number of ether oxygens (including phenoxy) is 1. The molecule has 0 bridgehead atoms. The number of hydrogen-bond donors (Lipinski definition) is 0. The second kappa shape index (κ2) is 7.94. The molecule has 6 heteroatoms. The zero-order chi connectivity index (χ0) is 21.3. The van der Waals surface area contributed by atoms with Gasteiger partial charge in [0.05, 0.1) is 11.1 Å². The molecule has 0 N–H and O–H groups in total. The van der Waals surface area contributed by atoms with Crippen LogP contribution >= 0.6 is 0 Å². The zero-order valence-electron chi connectivity index (χ0n) is 17.3. The van der Waals surface area contributed by atoms with Crippen LogP contribution in [0.3, 0.4) is 0 Å². The molecule has 2 heterocycles. The van der Waals surface area contributed by atoms with Gasteiger partial charge in [-0.05, 0) is 35.4 Å². The number of amides is 3. The van der Waals surface area contributed by atoms with Crippen molar-refractivity contribution in [2.24, 2.45) is 11.3 Å². The van der Waals surface area contributed by atoms with Gasteiger partial charge < -0.3 is 9.64 Å². The summed E-state index contributed by atoms with van der Waals surface area (Å²) in [5, 5.41) is 0. The van der Waals surface area contributed by atoms with E-state index >= 15 is 0 Å². The van der Waals surface area contributed by atoms with Crippen LogP contribution in [0.4, 0.5) is 4.79 Å². The highest BCUT2D eigenvalue weighted by molar-refractivity contribution is 6.21. The Morgan fingerprint density at radius 2 is 1.60 bits per heavy atom. The van der Waals surface area contributed by atoms with Crippen molar-refractivity contribution < 1.29 is 19.1 Å². The molecule has 0 unspecified atom stereocenters. The van der Waals surface area contributed by atoms with Crippen LogP contribution in [0.1, 0.15) is 46.5 Å². The summed E-state index contributed by atoms with van der Waals surface area (Å²) >= 11 is 0. The monoisotopic (exact) mass is 406 g/mol. The second-order valence-electron chi connectivity index (χ2n) is 8.92. The number of carbonyl (C=O) groups excluding carboxylic acids is 3. The Morgan fingerprint density at radius 1 is 1.00 bits per heavy atom. The van der Waals surface area contributed by atoms with E-state index in [0.717, 1.165) is 12.0 Å². The molecule has 2 aromatic rings. The molecule has 2 aliphatic heterocycles. The van der Waals surface area contributed by atoms with Crippen LogP contribution in [0.15, 0.2) is 54.6 Å². The Kier molecular flexibility index (Phi) is 5.33. The number of likely N-dealkylation sites (tertiary alicyclic amines) is 1. The fourth-order valence-corrected chi connectivity index (χ4v) is 4.54. The predicted octanol–water partition coefficient (Wildman–Crippen LogP) is 3.97. The summed E-state index contributed by atoms with van der Waals surface area (Å²) in [6, 6.07) is 16.5. The van der Waals surface area contributed by atoms with Crippen LogP contribution in [0.25, 0.3) is 0 Å². The van der Waals surface area contributed by atoms with Crippen LogP contribution in [0.2, 0.25) is 0 Å². The van der Waals surface area contributed by atoms with Crippen molar-refractivity contribution in [3.05, 3.63) is 71.3 Å². The minimum atomic E-state index is -0.362. The Labute approximate surface area is 176 Å². The van der Waals surface area contributed by atoms with Gasteiger partial charge in [0.15, 0.2) is 0 Å². The van der Waals surface area contributed by atoms with Crippen LogP contribution in [0.5, 0.6) is 0 Å². The van der Waals surface area contributed by atoms with Crippen molar-refractivity contribution in [1.82, 2.24) is 9.80 Å². The highest BCUT2D eigenvalue weighted by atomic mass is 16.6. The fourth-order valence-electron chi connectivity index (χ4n) is 4.54. The van der Waals surface area contributed by atoms with Crippen LogP contribution < -0.4 is 0 Å². The Morgan fingerprint density at radius 3 is 2.23 bits per heavy atom. The van der Waals surface area contributed by atoms with Gasteiger partial charge in [0, 0.05) is 19.6 Å². The molecule has 1 saturated heterocycles. The van der Waals surface area contributed by atoms with E-state index in [1.54, 1.807) is 29.2 Å². The highest BCUT2D eigenvalue weighted by Gasteiger charge is 2.41. The third kappa shape index (κ3) is 4.08. The van der Waals surface area contributed by atoms with Gasteiger partial charge >= 0.3 is 6.09 Å². The van der Waals surface area contributed by atoms with Crippen molar-refractivity contribution >= 4 is 17.9 Å². The Bertz CT molecular complexity index is 935. The molecule has 4 rings (SSSR count). The maximum Gasteiger partial charge on any atom is 0.410 e. The van der Waals surface area contributed by atoms with Gasteiger partial charge in [0.2, 0.25) is 0 Å². The van der Waals surface area contributed by atoms with Gasteiger partial charge in [-0.3, -0.25) is 14.5 Å². The van der Waals surface area contributed by atoms with Crippen molar-refractivity contribution in [3.63, 3.8) is 0 Å². The van der Waals surface area contributed by atoms with E-state index in [1.807, 2.05) is 30.3 Å².